The van der Waals surface area contributed by atoms with E-state index in [1.165, 1.54) is 6.92 Å². The van der Waals surface area contributed by atoms with Crippen molar-refractivity contribution >= 4 is 11.6 Å². The monoisotopic (exact) mass is 267 g/mol. The number of ether oxygens (including phenoxy) is 3. The van der Waals surface area contributed by atoms with Gasteiger partial charge in [-0.3, -0.25) is 4.79 Å². The van der Waals surface area contributed by atoms with E-state index >= 15 is 0 Å². The van der Waals surface area contributed by atoms with Gasteiger partial charge in [-0.2, -0.15) is 0 Å². The predicted octanol–water partition coefficient (Wildman–Crippen LogP) is 2.08. The summed E-state index contributed by atoms with van der Waals surface area (Å²) in [5.41, 5.74) is 0.757. The molecule has 1 rings (SSSR count). The smallest absolute Gasteiger partial charge is 0.221 e. The fourth-order valence-electron chi connectivity index (χ4n) is 1.42. The zero-order chi connectivity index (χ0) is 13.9. The van der Waals surface area contributed by atoms with E-state index in [1.807, 2.05) is 19.1 Å². The van der Waals surface area contributed by atoms with Crippen LogP contribution in [0, 0.1) is 0 Å². The lowest BCUT2D eigenvalue weighted by Crippen LogP contribution is -2.10. The molecule has 0 unspecified atom stereocenters. The Morgan fingerprint density at radius 3 is 2.32 bits per heavy atom. The Balaban J connectivity index is 2.14. The predicted molar refractivity (Wildman–Crippen MR) is 73.6 cm³/mol. The summed E-state index contributed by atoms with van der Waals surface area (Å²) in [4.78, 5) is 10.8. The van der Waals surface area contributed by atoms with Crippen LogP contribution in [0.2, 0.25) is 0 Å². The SMILES string of the molecule is CCOCCOCCOc1ccc(NC(C)=O)cc1. The summed E-state index contributed by atoms with van der Waals surface area (Å²) < 4.78 is 16.0. The minimum atomic E-state index is -0.0867. The van der Waals surface area contributed by atoms with Crippen molar-refractivity contribution in [1.29, 1.82) is 0 Å². The molecule has 0 atom stereocenters. The minimum absolute atomic E-state index is 0.0867. The first-order chi connectivity index (χ1) is 9.22. The second-order valence-corrected chi connectivity index (χ2v) is 3.86. The Morgan fingerprint density at radius 1 is 1.05 bits per heavy atom. The number of rotatable bonds is 9. The van der Waals surface area contributed by atoms with Crippen molar-refractivity contribution in [3.63, 3.8) is 0 Å². The summed E-state index contributed by atoms with van der Waals surface area (Å²) in [6, 6.07) is 7.22. The molecule has 0 fully saturated rings. The maximum atomic E-state index is 10.8. The van der Waals surface area contributed by atoms with Gasteiger partial charge in [-0.05, 0) is 31.2 Å². The lowest BCUT2D eigenvalue weighted by Gasteiger charge is -2.08. The molecular formula is C14H21NO4. The van der Waals surface area contributed by atoms with E-state index in [-0.39, 0.29) is 5.91 Å². The standard InChI is InChI=1S/C14H21NO4/c1-3-17-8-9-18-10-11-19-14-6-4-13(5-7-14)15-12(2)16/h4-7H,3,8-11H2,1-2H3,(H,15,16). The molecule has 106 valence electrons. The largest absolute Gasteiger partial charge is 0.491 e. The molecule has 0 bridgehead atoms. The van der Waals surface area contributed by atoms with E-state index in [9.17, 15) is 4.79 Å². The number of carbonyl (C=O) groups is 1. The molecule has 1 amide bonds. The first-order valence-corrected chi connectivity index (χ1v) is 6.38. The number of hydrogen-bond acceptors (Lipinski definition) is 4. The van der Waals surface area contributed by atoms with Crippen molar-refractivity contribution < 1.29 is 19.0 Å². The zero-order valence-corrected chi connectivity index (χ0v) is 11.5. The number of amides is 1. The molecule has 0 aliphatic heterocycles. The van der Waals surface area contributed by atoms with Crippen LogP contribution in [0.5, 0.6) is 5.75 Å². The van der Waals surface area contributed by atoms with E-state index in [1.54, 1.807) is 12.1 Å². The van der Waals surface area contributed by atoms with Gasteiger partial charge in [-0.15, -0.1) is 0 Å². The third-order valence-corrected chi connectivity index (χ3v) is 2.25. The number of anilines is 1. The second kappa shape index (κ2) is 9.35. The molecule has 1 aromatic rings. The van der Waals surface area contributed by atoms with Crippen LogP contribution in [0.4, 0.5) is 5.69 Å². The molecule has 5 heteroatoms. The Bertz CT molecular complexity index is 364. The van der Waals surface area contributed by atoms with Gasteiger partial charge in [0.2, 0.25) is 5.91 Å². The molecule has 1 N–H and O–H groups in total. The minimum Gasteiger partial charge on any atom is -0.491 e. The van der Waals surface area contributed by atoms with Crippen LogP contribution >= 0.6 is 0 Å². The van der Waals surface area contributed by atoms with Crippen LogP contribution in [-0.2, 0) is 14.3 Å². The summed E-state index contributed by atoms with van der Waals surface area (Å²) in [6.45, 7) is 6.35. The van der Waals surface area contributed by atoms with Crippen LogP contribution in [-0.4, -0.2) is 38.9 Å². The highest BCUT2D eigenvalue weighted by atomic mass is 16.5. The molecule has 0 aliphatic rings. The second-order valence-electron chi connectivity index (χ2n) is 3.86. The number of hydrogen-bond donors (Lipinski definition) is 1. The Hall–Kier alpha value is -1.59. The molecule has 5 nitrogen and oxygen atoms in total. The third kappa shape index (κ3) is 7.43. The summed E-state index contributed by atoms with van der Waals surface area (Å²) >= 11 is 0. The number of nitrogens with one attached hydrogen (secondary N) is 1. The van der Waals surface area contributed by atoms with Crippen molar-refractivity contribution in [3.05, 3.63) is 24.3 Å². The van der Waals surface area contributed by atoms with Gasteiger partial charge in [0.15, 0.2) is 0 Å². The molecule has 0 saturated carbocycles. The maximum Gasteiger partial charge on any atom is 0.221 e. The lowest BCUT2D eigenvalue weighted by molar-refractivity contribution is -0.114. The van der Waals surface area contributed by atoms with Crippen LogP contribution in [0.15, 0.2) is 24.3 Å². The van der Waals surface area contributed by atoms with Crippen LogP contribution in [0.1, 0.15) is 13.8 Å². The number of carbonyl (C=O) groups excluding carboxylic acids is 1. The quantitative estimate of drug-likeness (QED) is 0.696. The van der Waals surface area contributed by atoms with Gasteiger partial charge < -0.3 is 19.5 Å². The highest BCUT2D eigenvalue weighted by Gasteiger charge is 1.97. The van der Waals surface area contributed by atoms with Gasteiger partial charge >= 0.3 is 0 Å². The number of benzene rings is 1. The van der Waals surface area contributed by atoms with Crippen molar-refractivity contribution in [2.45, 2.75) is 13.8 Å². The van der Waals surface area contributed by atoms with Gasteiger partial charge in [-0.1, -0.05) is 0 Å². The molecule has 0 aromatic heterocycles. The lowest BCUT2D eigenvalue weighted by atomic mass is 10.3. The summed E-state index contributed by atoms with van der Waals surface area (Å²) in [5, 5.41) is 2.69. The fourth-order valence-corrected chi connectivity index (χ4v) is 1.42. The Labute approximate surface area is 113 Å². The van der Waals surface area contributed by atoms with Gasteiger partial charge in [-0.25, -0.2) is 0 Å². The van der Waals surface area contributed by atoms with Crippen molar-refractivity contribution in [2.24, 2.45) is 0 Å². The topological polar surface area (TPSA) is 56.8 Å². The first kappa shape index (κ1) is 15.5. The van der Waals surface area contributed by atoms with E-state index in [4.69, 9.17) is 14.2 Å². The van der Waals surface area contributed by atoms with Crippen LogP contribution in [0.3, 0.4) is 0 Å². The molecule has 0 spiro atoms. The summed E-state index contributed by atoms with van der Waals surface area (Å²) in [5.74, 6) is 0.666. The molecular weight excluding hydrogens is 246 g/mol. The van der Waals surface area contributed by atoms with Crippen LogP contribution in [0.25, 0.3) is 0 Å². The van der Waals surface area contributed by atoms with Gasteiger partial charge in [0.1, 0.15) is 12.4 Å². The fraction of sp³-hybridized carbons (Fsp3) is 0.500. The van der Waals surface area contributed by atoms with Crippen molar-refractivity contribution in [2.75, 3.05) is 38.4 Å². The van der Waals surface area contributed by atoms with Crippen molar-refractivity contribution in [1.82, 2.24) is 0 Å². The molecule has 0 radical (unpaired) electrons. The highest BCUT2D eigenvalue weighted by Crippen LogP contribution is 2.15. The Morgan fingerprint density at radius 2 is 1.68 bits per heavy atom. The molecule has 0 saturated heterocycles. The average molecular weight is 267 g/mol. The normalized spacial score (nSPS) is 10.2. The van der Waals surface area contributed by atoms with Gasteiger partial charge in [0.25, 0.3) is 0 Å². The third-order valence-electron chi connectivity index (χ3n) is 2.25. The van der Waals surface area contributed by atoms with E-state index < -0.39 is 0 Å². The van der Waals surface area contributed by atoms with Crippen molar-refractivity contribution in [3.8, 4) is 5.75 Å². The van der Waals surface area contributed by atoms with E-state index in [0.717, 1.165) is 11.4 Å². The van der Waals surface area contributed by atoms with Gasteiger partial charge in [0.05, 0.1) is 19.8 Å². The maximum absolute atomic E-state index is 10.8. The molecule has 1 aromatic carbocycles. The van der Waals surface area contributed by atoms with Gasteiger partial charge in [0, 0.05) is 19.2 Å². The molecule has 19 heavy (non-hydrogen) atoms. The Kier molecular flexibility index (Phi) is 7.62. The zero-order valence-electron chi connectivity index (χ0n) is 11.5. The average Bonchev–Trinajstić information content (AvgIpc) is 2.39. The summed E-state index contributed by atoms with van der Waals surface area (Å²) in [6.07, 6.45) is 0. The molecule has 0 heterocycles. The van der Waals surface area contributed by atoms with E-state index in [0.29, 0.717) is 33.0 Å². The van der Waals surface area contributed by atoms with E-state index in [2.05, 4.69) is 5.32 Å². The first-order valence-electron chi connectivity index (χ1n) is 6.38. The highest BCUT2D eigenvalue weighted by molar-refractivity contribution is 5.88. The summed E-state index contributed by atoms with van der Waals surface area (Å²) in [7, 11) is 0. The molecule has 0 aliphatic carbocycles. The van der Waals surface area contributed by atoms with Crippen LogP contribution < -0.4 is 10.1 Å².